The molecule has 8 heteroatoms. The van der Waals surface area contributed by atoms with E-state index in [1.54, 1.807) is 0 Å². The second-order valence-electron chi connectivity index (χ2n) is 4.39. The zero-order chi connectivity index (χ0) is 13.6. The molecule has 0 radical (unpaired) electrons. The molecule has 1 aliphatic rings. The minimum absolute atomic E-state index is 0.159. The standard InChI is InChI=1S/C10H22N4O3S/c1-2-5-13-18(16,17)14(8-10(11)15)9-3-6-12-7-4-9/h9,12-13H,2-8H2,1H3,(H2,11,15). The number of rotatable bonds is 7. The first-order valence-electron chi connectivity index (χ1n) is 6.23. The SMILES string of the molecule is CCCNS(=O)(=O)N(CC(N)=O)C1CCNCC1. The highest BCUT2D eigenvalue weighted by Gasteiger charge is 2.31. The Morgan fingerprint density at radius 2 is 2.06 bits per heavy atom. The van der Waals surface area contributed by atoms with Gasteiger partial charge >= 0.3 is 0 Å². The smallest absolute Gasteiger partial charge is 0.280 e. The van der Waals surface area contributed by atoms with Crippen molar-refractivity contribution < 1.29 is 13.2 Å². The third-order valence-corrected chi connectivity index (χ3v) is 4.48. The molecule has 1 aliphatic heterocycles. The number of carbonyl (C=O) groups excluding carboxylic acids is 1. The second kappa shape index (κ2) is 7.03. The van der Waals surface area contributed by atoms with Crippen LogP contribution >= 0.6 is 0 Å². The van der Waals surface area contributed by atoms with Crippen LogP contribution in [0.25, 0.3) is 0 Å². The number of nitrogens with one attached hydrogen (secondary N) is 2. The van der Waals surface area contributed by atoms with Gasteiger partial charge in [0.1, 0.15) is 0 Å². The van der Waals surface area contributed by atoms with Gasteiger partial charge in [0.2, 0.25) is 5.91 Å². The Bertz CT molecular complexity index is 365. The maximum absolute atomic E-state index is 12.1. The molecule has 0 atom stereocenters. The van der Waals surface area contributed by atoms with E-state index < -0.39 is 16.1 Å². The van der Waals surface area contributed by atoms with Crippen molar-refractivity contribution in [1.82, 2.24) is 14.3 Å². The Labute approximate surface area is 108 Å². The zero-order valence-electron chi connectivity index (χ0n) is 10.7. The van der Waals surface area contributed by atoms with E-state index in [4.69, 9.17) is 5.73 Å². The highest BCUT2D eigenvalue weighted by atomic mass is 32.2. The van der Waals surface area contributed by atoms with Gasteiger partial charge in [-0.15, -0.1) is 0 Å². The molecule has 7 nitrogen and oxygen atoms in total. The maximum Gasteiger partial charge on any atom is 0.280 e. The quantitative estimate of drug-likeness (QED) is 0.542. The second-order valence-corrected chi connectivity index (χ2v) is 6.10. The molecule has 1 heterocycles. The van der Waals surface area contributed by atoms with Crippen LogP contribution in [0.3, 0.4) is 0 Å². The van der Waals surface area contributed by atoms with Gasteiger partial charge in [-0.3, -0.25) is 4.79 Å². The molecule has 0 saturated carbocycles. The molecule has 18 heavy (non-hydrogen) atoms. The topological polar surface area (TPSA) is 105 Å². The van der Waals surface area contributed by atoms with E-state index in [2.05, 4.69) is 10.0 Å². The Morgan fingerprint density at radius 3 is 2.56 bits per heavy atom. The summed E-state index contributed by atoms with van der Waals surface area (Å²) in [5.41, 5.74) is 5.14. The summed E-state index contributed by atoms with van der Waals surface area (Å²) in [6.45, 7) is 3.49. The summed E-state index contributed by atoms with van der Waals surface area (Å²) in [4.78, 5) is 11.0. The predicted molar refractivity (Wildman–Crippen MR) is 69.0 cm³/mol. The molecule has 0 aromatic heterocycles. The first kappa shape index (κ1) is 15.4. The lowest BCUT2D eigenvalue weighted by Gasteiger charge is -2.32. The normalized spacial score (nSPS) is 18.1. The van der Waals surface area contributed by atoms with Crippen LogP contribution < -0.4 is 15.8 Å². The lowest BCUT2D eigenvalue weighted by molar-refractivity contribution is -0.118. The van der Waals surface area contributed by atoms with E-state index in [9.17, 15) is 13.2 Å². The van der Waals surface area contributed by atoms with E-state index in [1.807, 2.05) is 6.92 Å². The highest BCUT2D eigenvalue weighted by Crippen LogP contribution is 2.14. The van der Waals surface area contributed by atoms with Gasteiger partial charge in [0.15, 0.2) is 0 Å². The van der Waals surface area contributed by atoms with Gasteiger partial charge in [-0.25, -0.2) is 4.72 Å². The van der Waals surface area contributed by atoms with E-state index >= 15 is 0 Å². The summed E-state index contributed by atoms with van der Waals surface area (Å²) >= 11 is 0. The van der Waals surface area contributed by atoms with Crippen molar-refractivity contribution >= 4 is 16.1 Å². The van der Waals surface area contributed by atoms with Crippen molar-refractivity contribution in [2.24, 2.45) is 5.73 Å². The van der Waals surface area contributed by atoms with Crippen molar-refractivity contribution in [2.45, 2.75) is 32.2 Å². The van der Waals surface area contributed by atoms with Gasteiger partial charge in [0.05, 0.1) is 6.54 Å². The highest BCUT2D eigenvalue weighted by molar-refractivity contribution is 7.87. The molecule has 0 aromatic rings. The monoisotopic (exact) mass is 278 g/mol. The molecule has 1 amide bonds. The Kier molecular flexibility index (Phi) is 6.00. The van der Waals surface area contributed by atoms with Crippen molar-refractivity contribution in [1.29, 1.82) is 0 Å². The van der Waals surface area contributed by atoms with Gasteiger partial charge in [-0.05, 0) is 32.4 Å². The molecule has 0 unspecified atom stereocenters. The van der Waals surface area contributed by atoms with Crippen molar-refractivity contribution in [3.63, 3.8) is 0 Å². The van der Waals surface area contributed by atoms with Gasteiger partial charge in [0, 0.05) is 12.6 Å². The largest absolute Gasteiger partial charge is 0.369 e. The average Bonchev–Trinajstić information content (AvgIpc) is 2.34. The molecule has 0 spiro atoms. The summed E-state index contributed by atoms with van der Waals surface area (Å²) in [5, 5.41) is 3.16. The third kappa shape index (κ3) is 4.52. The Hall–Kier alpha value is -0.700. The molecule has 0 bridgehead atoms. The zero-order valence-corrected chi connectivity index (χ0v) is 11.5. The van der Waals surface area contributed by atoms with Crippen molar-refractivity contribution in [3.05, 3.63) is 0 Å². The van der Waals surface area contributed by atoms with Gasteiger partial charge in [-0.1, -0.05) is 6.92 Å². The maximum atomic E-state index is 12.1. The van der Waals surface area contributed by atoms with Crippen molar-refractivity contribution in [3.8, 4) is 0 Å². The third-order valence-electron chi connectivity index (χ3n) is 2.87. The fourth-order valence-corrected chi connectivity index (χ4v) is 3.50. The summed E-state index contributed by atoms with van der Waals surface area (Å²) in [6.07, 6.45) is 2.09. The molecule has 0 aromatic carbocycles. The van der Waals surface area contributed by atoms with Crippen LogP contribution in [-0.4, -0.2) is 50.9 Å². The molecule has 0 aliphatic carbocycles. The van der Waals surface area contributed by atoms with Crippen LogP contribution in [0.5, 0.6) is 0 Å². The van der Waals surface area contributed by atoms with Crippen LogP contribution in [-0.2, 0) is 15.0 Å². The van der Waals surface area contributed by atoms with Crippen molar-refractivity contribution in [2.75, 3.05) is 26.2 Å². The van der Waals surface area contributed by atoms with Crippen LogP contribution in [0.1, 0.15) is 26.2 Å². The number of hydrogen-bond donors (Lipinski definition) is 3. The van der Waals surface area contributed by atoms with Crippen LogP contribution in [0.2, 0.25) is 0 Å². The minimum atomic E-state index is -3.62. The fourth-order valence-electron chi connectivity index (χ4n) is 1.97. The van der Waals surface area contributed by atoms with Gasteiger partial charge < -0.3 is 11.1 Å². The van der Waals surface area contributed by atoms with Crippen LogP contribution in [0.4, 0.5) is 0 Å². The van der Waals surface area contributed by atoms with E-state index in [-0.39, 0.29) is 12.6 Å². The summed E-state index contributed by atoms with van der Waals surface area (Å²) in [7, 11) is -3.62. The number of amides is 1. The van der Waals surface area contributed by atoms with Crippen LogP contribution in [0.15, 0.2) is 0 Å². The molecule has 1 saturated heterocycles. The average molecular weight is 278 g/mol. The fraction of sp³-hybridized carbons (Fsp3) is 0.900. The van der Waals surface area contributed by atoms with Gasteiger partial charge in [0.25, 0.3) is 10.2 Å². The number of carbonyl (C=O) groups is 1. The van der Waals surface area contributed by atoms with Gasteiger partial charge in [-0.2, -0.15) is 12.7 Å². The lowest BCUT2D eigenvalue weighted by atomic mass is 10.1. The summed E-state index contributed by atoms with van der Waals surface area (Å²) in [6, 6.07) is -0.159. The van der Waals surface area contributed by atoms with Crippen LogP contribution in [0, 0.1) is 0 Å². The summed E-state index contributed by atoms with van der Waals surface area (Å²) < 4.78 is 27.9. The first-order chi connectivity index (χ1) is 8.47. The number of hydrogen-bond acceptors (Lipinski definition) is 4. The molecule has 4 N–H and O–H groups in total. The number of nitrogens with two attached hydrogens (primary N) is 1. The first-order valence-corrected chi connectivity index (χ1v) is 7.67. The molecule has 1 fully saturated rings. The molecule has 1 rings (SSSR count). The number of primary amides is 1. The number of piperidine rings is 1. The Morgan fingerprint density at radius 1 is 1.44 bits per heavy atom. The van der Waals surface area contributed by atoms with E-state index in [1.165, 1.54) is 4.31 Å². The Balaban J connectivity index is 2.78. The molecular weight excluding hydrogens is 256 g/mol. The summed E-state index contributed by atoms with van der Waals surface area (Å²) in [5.74, 6) is -0.629. The number of nitrogens with zero attached hydrogens (tertiary/aromatic N) is 1. The minimum Gasteiger partial charge on any atom is -0.369 e. The lowest BCUT2D eigenvalue weighted by Crippen LogP contribution is -2.52. The van der Waals surface area contributed by atoms with E-state index in [0.717, 1.165) is 13.1 Å². The van der Waals surface area contributed by atoms with E-state index in [0.29, 0.717) is 25.8 Å². The predicted octanol–water partition coefficient (Wildman–Crippen LogP) is -1.23. The molecular formula is C10H22N4O3S. The molecule has 106 valence electrons.